The molecule has 5 aromatic carbocycles. The molecule has 5 nitrogen and oxygen atoms in total. The van der Waals surface area contributed by atoms with Crippen LogP contribution in [0.2, 0.25) is 39.3 Å². The van der Waals surface area contributed by atoms with Gasteiger partial charge in [-0.1, -0.05) is 108 Å². The van der Waals surface area contributed by atoms with E-state index >= 15 is 0 Å². The van der Waals surface area contributed by atoms with Gasteiger partial charge in [0.1, 0.15) is 22.3 Å². The van der Waals surface area contributed by atoms with Gasteiger partial charge in [0.05, 0.1) is 32.9 Å². The molecule has 274 valence electrons. The van der Waals surface area contributed by atoms with Crippen LogP contribution >= 0.6 is 0 Å². The van der Waals surface area contributed by atoms with Crippen molar-refractivity contribution in [3.05, 3.63) is 138 Å². The third-order valence-electron chi connectivity index (χ3n) is 14.6. The van der Waals surface area contributed by atoms with Gasteiger partial charge in [0.25, 0.3) is 11.6 Å². The molecule has 4 aromatic heterocycles. The first-order chi connectivity index (χ1) is 27.3. The van der Waals surface area contributed by atoms with Gasteiger partial charge in [0.2, 0.25) is 0 Å². The summed E-state index contributed by atoms with van der Waals surface area (Å²) < 4.78 is 11.0. The quantitative estimate of drug-likeness (QED) is 0.127. The lowest BCUT2D eigenvalue weighted by Crippen LogP contribution is -2.76. The number of aromatic nitrogens is 4. The van der Waals surface area contributed by atoms with Crippen molar-refractivity contribution >= 4 is 87.3 Å². The van der Waals surface area contributed by atoms with Gasteiger partial charge in [-0.05, 0) is 58.9 Å². The molecule has 9 heterocycles. The highest BCUT2D eigenvalue weighted by molar-refractivity contribution is 6.89. The number of hydrogen-bond acceptors (Lipinski definition) is 1. The first-order valence-corrected chi connectivity index (χ1v) is 27.6. The van der Waals surface area contributed by atoms with Gasteiger partial charge in [0, 0.05) is 50.2 Å². The van der Waals surface area contributed by atoms with Crippen molar-refractivity contribution in [3.63, 3.8) is 0 Å². The van der Waals surface area contributed by atoms with Crippen LogP contribution in [-0.2, 0) is 11.1 Å². The maximum absolute atomic E-state index is 2.82. The van der Waals surface area contributed by atoms with E-state index in [1.807, 2.05) is 0 Å². The van der Waals surface area contributed by atoms with Crippen molar-refractivity contribution < 1.29 is 9.13 Å². The lowest BCUT2D eigenvalue weighted by molar-refractivity contribution is -0.931. The molecule has 1 unspecified atom stereocenters. The van der Waals surface area contributed by atoms with Crippen LogP contribution in [0.15, 0.2) is 115 Å². The van der Waals surface area contributed by atoms with Crippen LogP contribution in [-0.4, -0.2) is 25.3 Å². The SMILES string of the molecule is CC1(C)c2ccccc2N2c3c1ccc1c3C34c5c6c(cc7c8ccccc8n(c57)-c5cc([Si](C)(C)C)cc([n+]53)-c3cc([Si](C)(C)C)cc2[n+]34)c2ccccc2n6-1. The van der Waals surface area contributed by atoms with Crippen LogP contribution in [0, 0.1) is 0 Å². The standard InChI is InChI=1S/C50H43N5Si2/c1-49(2)34-17-11-14-20-38(34)53-43-26-29(57(6,7)8)24-41-40-23-28(56(3,4)5)25-42-52-37-19-13-10-16-31(37)33-27-32-30-15-9-12-18-36(30)51-39-22-21-35(49)48(53)44(39)50(54(40)42,55(41)43)45(46(32)51)47(33)52/h9-27H,1-8H3/q+2. The minimum absolute atomic E-state index is 0.212. The number of benzene rings is 5. The number of hydrogen-bond donors (Lipinski definition) is 0. The number of fused-ring (bicyclic) bond motifs is 12. The maximum Gasteiger partial charge on any atom is 0.319 e. The van der Waals surface area contributed by atoms with Crippen LogP contribution in [0.5, 0.6) is 0 Å². The maximum atomic E-state index is 2.82. The molecule has 57 heavy (non-hydrogen) atoms. The minimum Gasteiger partial charge on any atom is -0.308 e. The van der Waals surface area contributed by atoms with Crippen LogP contribution in [0.3, 0.4) is 0 Å². The number of para-hydroxylation sites is 3. The zero-order valence-electron chi connectivity index (χ0n) is 33.7. The van der Waals surface area contributed by atoms with E-state index in [4.69, 9.17) is 0 Å². The number of rotatable bonds is 2. The predicted octanol–water partition coefficient (Wildman–Crippen LogP) is 9.87. The van der Waals surface area contributed by atoms with Gasteiger partial charge < -0.3 is 4.57 Å². The summed E-state index contributed by atoms with van der Waals surface area (Å²) in [5, 5.41) is 8.29. The molecule has 5 aliphatic heterocycles. The molecule has 0 saturated heterocycles. The molecular formula is C50H43N5Si2+2. The highest BCUT2D eigenvalue weighted by atomic mass is 28.3. The van der Waals surface area contributed by atoms with Crippen molar-refractivity contribution in [3.8, 4) is 22.9 Å². The first-order valence-electron chi connectivity index (χ1n) is 20.6. The first kappa shape index (κ1) is 31.3. The lowest BCUT2D eigenvalue weighted by Gasteiger charge is -2.46. The fourth-order valence-corrected chi connectivity index (χ4v) is 14.3. The van der Waals surface area contributed by atoms with E-state index in [0.717, 1.165) is 0 Å². The molecule has 7 heteroatoms. The molecule has 0 N–H and O–H groups in total. The Hall–Kier alpha value is -5.77. The Morgan fingerprint density at radius 1 is 0.491 bits per heavy atom. The summed E-state index contributed by atoms with van der Waals surface area (Å²) in [4.78, 5) is 2.69. The molecule has 1 spiro atoms. The van der Waals surface area contributed by atoms with Crippen molar-refractivity contribution in [2.75, 3.05) is 4.90 Å². The van der Waals surface area contributed by atoms with E-state index in [1.165, 1.54) is 116 Å². The topological polar surface area (TPSA) is 20.9 Å². The van der Waals surface area contributed by atoms with E-state index in [2.05, 4.69) is 192 Å². The Morgan fingerprint density at radius 3 is 1.72 bits per heavy atom. The third-order valence-corrected chi connectivity index (χ3v) is 18.6. The monoisotopic (exact) mass is 769 g/mol. The lowest BCUT2D eigenvalue weighted by atomic mass is 9.69. The predicted molar refractivity (Wildman–Crippen MR) is 239 cm³/mol. The summed E-state index contributed by atoms with van der Waals surface area (Å²) in [7, 11) is -3.62. The van der Waals surface area contributed by atoms with Gasteiger partial charge in [-0.2, -0.15) is 18.6 Å². The van der Waals surface area contributed by atoms with Crippen LogP contribution in [0.25, 0.3) is 66.5 Å². The van der Waals surface area contributed by atoms with Gasteiger partial charge in [-0.3, -0.25) is 0 Å². The average Bonchev–Trinajstić information content (AvgIpc) is 3.81. The molecule has 14 rings (SSSR count). The zero-order chi connectivity index (χ0) is 38.4. The van der Waals surface area contributed by atoms with Crippen LogP contribution in [0.4, 0.5) is 17.2 Å². The molecule has 5 aliphatic rings. The van der Waals surface area contributed by atoms with Crippen molar-refractivity contribution in [2.45, 2.75) is 64.2 Å². The van der Waals surface area contributed by atoms with Crippen LogP contribution < -0.4 is 24.4 Å². The van der Waals surface area contributed by atoms with Crippen molar-refractivity contribution in [2.24, 2.45) is 0 Å². The molecule has 9 aromatic rings. The van der Waals surface area contributed by atoms with Gasteiger partial charge >= 0.3 is 5.66 Å². The molecule has 0 saturated carbocycles. The fraction of sp³-hybridized carbons (Fsp3) is 0.200. The van der Waals surface area contributed by atoms with Gasteiger partial charge in [-0.25, -0.2) is 0 Å². The number of anilines is 3. The molecule has 0 aliphatic carbocycles. The highest BCUT2D eigenvalue weighted by Crippen LogP contribution is 2.63. The summed E-state index contributed by atoms with van der Waals surface area (Å²) >= 11 is 0. The second-order valence-electron chi connectivity index (χ2n) is 19.9. The van der Waals surface area contributed by atoms with E-state index in [-0.39, 0.29) is 5.41 Å². The van der Waals surface area contributed by atoms with Crippen molar-refractivity contribution in [1.82, 2.24) is 9.13 Å². The highest BCUT2D eigenvalue weighted by Gasteiger charge is 2.71. The Kier molecular flexibility index (Phi) is 5.04. The fourth-order valence-electron chi connectivity index (χ4n) is 12.0. The number of pyridine rings is 2. The Morgan fingerprint density at radius 2 is 1.05 bits per heavy atom. The van der Waals surface area contributed by atoms with Crippen molar-refractivity contribution in [1.29, 1.82) is 0 Å². The number of nitrogens with zero attached hydrogens (tertiary/aromatic N) is 5. The second kappa shape index (κ2) is 9.17. The van der Waals surface area contributed by atoms with E-state index in [1.54, 1.807) is 0 Å². The normalized spacial score (nSPS) is 18.4. The molecule has 0 fully saturated rings. The summed E-state index contributed by atoms with van der Waals surface area (Å²) in [6.07, 6.45) is 0. The van der Waals surface area contributed by atoms with E-state index < -0.39 is 21.8 Å². The summed E-state index contributed by atoms with van der Waals surface area (Å²) in [5.74, 6) is 2.56. The minimum atomic E-state index is -1.82. The van der Waals surface area contributed by atoms with Gasteiger partial charge in [0.15, 0.2) is 22.6 Å². The summed E-state index contributed by atoms with van der Waals surface area (Å²) in [6, 6.07) is 45.5. The molecule has 0 bridgehead atoms. The average molecular weight is 770 g/mol. The third kappa shape index (κ3) is 3.16. The molecule has 0 amide bonds. The Labute approximate surface area is 333 Å². The second-order valence-corrected chi connectivity index (χ2v) is 30.1. The van der Waals surface area contributed by atoms with Gasteiger partial charge in [-0.15, -0.1) is 0 Å². The molecule has 1 atom stereocenters. The molecular weight excluding hydrogens is 727 g/mol. The largest absolute Gasteiger partial charge is 0.319 e. The smallest absolute Gasteiger partial charge is 0.308 e. The summed E-state index contributed by atoms with van der Waals surface area (Å²) in [6.45, 7) is 20.0. The van der Waals surface area contributed by atoms with E-state index in [9.17, 15) is 0 Å². The van der Waals surface area contributed by atoms with Crippen LogP contribution in [0.1, 0.15) is 36.1 Å². The zero-order valence-corrected chi connectivity index (χ0v) is 35.7. The Balaban J connectivity index is 1.35. The molecule has 0 radical (unpaired) electrons. The Bertz CT molecular complexity index is 3480. The van der Waals surface area contributed by atoms with E-state index in [0.29, 0.717) is 0 Å². The summed E-state index contributed by atoms with van der Waals surface area (Å²) in [5.41, 5.74) is 16.5.